The minimum absolute atomic E-state index is 0.962. The summed E-state index contributed by atoms with van der Waals surface area (Å²) in [5.41, 5.74) is 0. The van der Waals surface area contributed by atoms with Gasteiger partial charge in [0.25, 0.3) is 0 Å². The third-order valence-electron chi connectivity index (χ3n) is 3.13. The van der Waals surface area contributed by atoms with Crippen LogP contribution in [0, 0.1) is 42.9 Å². The lowest BCUT2D eigenvalue weighted by atomic mass is 9.57. The molecule has 51 valence electrons. The van der Waals surface area contributed by atoms with Gasteiger partial charge in [-0.3, -0.25) is 0 Å². The van der Waals surface area contributed by atoms with Crippen LogP contribution >= 0.6 is 0 Å². The van der Waals surface area contributed by atoms with E-state index in [0.29, 0.717) is 0 Å². The minimum Gasteiger partial charge on any atom is -0.0470 e. The molecule has 0 aromatic carbocycles. The maximum Gasteiger partial charge on any atom is -0.0102 e. The molecule has 0 N–H and O–H groups in total. The van der Waals surface area contributed by atoms with Crippen LogP contribution in [0.3, 0.4) is 0 Å². The van der Waals surface area contributed by atoms with Gasteiger partial charge in [-0.15, -0.1) is 0 Å². The molecule has 0 spiro atoms. The van der Waals surface area contributed by atoms with Crippen molar-refractivity contribution in [3.63, 3.8) is 0 Å². The second kappa shape index (κ2) is 1.78. The average Bonchev–Trinajstić information content (AvgIpc) is 2.29. The van der Waals surface area contributed by atoms with Gasteiger partial charge in [-0.05, 0) is 62.2 Å². The first-order valence-electron chi connectivity index (χ1n) is 4.18. The van der Waals surface area contributed by atoms with Crippen LogP contribution < -0.4 is 0 Å². The lowest BCUT2D eigenvalue weighted by molar-refractivity contribution is 0.167. The lowest BCUT2D eigenvalue weighted by Crippen LogP contribution is -2.37. The molecule has 4 fully saturated rings. The highest BCUT2D eigenvalue weighted by atomic mass is 14.5. The standard InChI is InChI=1S/C10H11/c1-2-8-4-7-5-9(6-7)10(8)3-1/h1-3,7,9H,4-6H2. The third kappa shape index (κ3) is 0.580. The predicted molar refractivity (Wildman–Crippen MR) is 40.2 cm³/mol. The molecule has 4 rings (SSSR count). The summed E-state index contributed by atoms with van der Waals surface area (Å²) in [6.45, 7) is 0. The molecule has 0 nitrogen and oxygen atoms in total. The van der Waals surface area contributed by atoms with E-state index in [-0.39, 0.29) is 0 Å². The van der Waals surface area contributed by atoms with Crippen molar-refractivity contribution in [2.75, 3.05) is 0 Å². The lowest BCUT2D eigenvalue weighted by Gasteiger charge is -2.48. The highest BCUT2D eigenvalue weighted by Gasteiger charge is 2.48. The van der Waals surface area contributed by atoms with Gasteiger partial charge in [-0.2, -0.15) is 0 Å². The highest BCUT2D eigenvalue weighted by molar-refractivity contribution is 5.48. The van der Waals surface area contributed by atoms with Gasteiger partial charge in [0.1, 0.15) is 0 Å². The summed E-state index contributed by atoms with van der Waals surface area (Å²) in [6.07, 6.45) is 11.2. The van der Waals surface area contributed by atoms with Crippen molar-refractivity contribution in [2.24, 2.45) is 11.8 Å². The minimum atomic E-state index is 0.962. The fourth-order valence-electron chi connectivity index (χ4n) is 2.52. The van der Waals surface area contributed by atoms with E-state index >= 15 is 0 Å². The molecule has 5 radical (unpaired) electrons. The first-order chi connectivity index (χ1) is 4.93. The summed E-state index contributed by atoms with van der Waals surface area (Å²) in [4.78, 5) is 0. The Hall–Kier alpha value is 0. The third-order valence-corrected chi connectivity index (χ3v) is 3.13. The first kappa shape index (κ1) is 5.62. The SMILES string of the molecule is [CH]1[CH][C]2CC3CC(C3)[C]2[CH]1. The monoisotopic (exact) mass is 131 g/mol. The van der Waals surface area contributed by atoms with E-state index in [1.54, 1.807) is 11.8 Å². The summed E-state index contributed by atoms with van der Waals surface area (Å²) in [5.74, 6) is 5.33. The second-order valence-electron chi connectivity index (χ2n) is 3.74. The van der Waals surface area contributed by atoms with Gasteiger partial charge < -0.3 is 0 Å². The Morgan fingerprint density at radius 3 is 2.90 bits per heavy atom. The second-order valence-corrected chi connectivity index (χ2v) is 3.74. The van der Waals surface area contributed by atoms with E-state index in [9.17, 15) is 0 Å². The molecule has 4 aliphatic rings. The first-order valence-corrected chi connectivity index (χ1v) is 4.18. The van der Waals surface area contributed by atoms with Crippen LogP contribution in [0.2, 0.25) is 0 Å². The van der Waals surface area contributed by atoms with Crippen LogP contribution in [-0.2, 0) is 0 Å². The van der Waals surface area contributed by atoms with Crippen molar-refractivity contribution in [3.8, 4) is 0 Å². The maximum atomic E-state index is 2.31. The molecule has 0 aliphatic heterocycles. The van der Waals surface area contributed by atoms with E-state index in [0.717, 1.165) is 11.8 Å². The van der Waals surface area contributed by atoms with Gasteiger partial charge in [0, 0.05) is 0 Å². The van der Waals surface area contributed by atoms with Crippen LogP contribution in [0.15, 0.2) is 0 Å². The van der Waals surface area contributed by atoms with Gasteiger partial charge in [-0.25, -0.2) is 0 Å². The van der Waals surface area contributed by atoms with Gasteiger partial charge in [0.2, 0.25) is 0 Å². The van der Waals surface area contributed by atoms with Crippen molar-refractivity contribution in [1.29, 1.82) is 0 Å². The molecule has 0 unspecified atom stereocenters. The van der Waals surface area contributed by atoms with Gasteiger partial charge in [0.15, 0.2) is 0 Å². The zero-order valence-electron chi connectivity index (χ0n) is 6.01. The molecule has 4 saturated carbocycles. The molecule has 0 atom stereocenters. The van der Waals surface area contributed by atoms with E-state index < -0.39 is 0 Å². The van der Waals surface area contributed by atoms with Crippen molar-refractivity contribution in [3.05, 3.63) is 31.1 Å². The van der Waals surface area contributed by atoms with E-state index in [2.05, 4.69) is 19.3 Å². The smallest absolute Gasteiger partial charge is 0.0102 e. The molecular formula is C10H11. The van der Waals surface area contributed by atoms with Gasteiger partial charge in [0.05, 0.1) is 0 Å². The number of hydrogen-bond donors (Lipinski definition) is 0. The molecule has 0 aromatic rings. The summed E-state index contributed by atoms with van der Waals surface area (Å²) in [7, 11) is 0. The van der Waals surface area contributed by atoms with Crippen LogP contribution in [0.25, 0.3) is 0 Å². The molecule has 0 aromatic heterocycles. The molecule has 0 amide bonds. The van der Waals surface area contributed by atoms with Crippen LogP contribution in [0.1, 0.15) is 19.3 Å². The Bertz CT molecular complexity index is 144. The molecule has 2 bridgehead atoms. The normalized spacial score (nSPS) is 46.8. The maximum absolute atomic E-state index is 2.31. The van der Waals surface area contributed by atoms with Crippen LogP contribution in [0.5, 0.6) is 0 Å². The molecular weight excluding hydrogens is 120 g/mol. The topological polar surface area (TPSA) is 0 Å². The van der Waals surface area contributed by atoms with E-state index in [4.69, 9.17) is 0 Å². The van der Waals surface area contributed by atoms with Crippen molar-refractivity contribution < 1.29 is 0 Å². The Balaban J connectivity index is 1.84. The molecule has 0 heterocycles. The van der Waals surface area contributed by atoms with Crippen molar-refractivity contribution in [2.45, 2.75) is 19.3 Å². The molecule has 0 heteroatoms. The fraction of sp³-hybridized carbons (Fsp3) is 0.500. The quantitative estimate of drug-likeness (QED) is 0.472. The average molecular weight is 131 g/mol. The summed E-state index contributed by atoms with van der Waals surface area (Å²) in [5, 5.41) is 0. The van der Waals surface area contributed by atoms with E-state index in [1.807, 2.05) is 0 Å². The Morgan fingerprint density at radius 1 is 1.20 bits per heavy atom. The van der Waals surface area contributed by atoms with Crippen molar-refractivity contribution in [1.82, 2.24) is 0 Å². The van der Waals surface area contributed by atoms with Crippen LogP contribution in [-0.4, -0.2) is 0 Å². The highest BCUT2D eigenvalue weighted by Crippen LogP contribution is 2.58. The Morgan fingerprint density at radius 2 is 2.10 bits per heavy atom. The Labute approximate surface area is 63.0 Å². The van der Waals surface area contributed by atoms with Crippen LogP contribution in [0.4, 0.5) is 0 Å². The zero-order valence-corrected chi connectivity index (χ0v) is 6.01. The summed E-state index contributed by atoms with van der Waals surface area (Å²) in [6, 6.07) is 0. The van der Waals surface area contributed by atoms with Gasteiger partial charge in [-0.1, -0.05) is 0 Å². The largest absolute Gasteiger partial charge is 0.0470 e. The predicted octanol–water partition coefficient (Wildman–Crippen LogP) is 2.19. The molecule has 4 aliphatic carbocycles. The molecule has 10 heavy (non-hydrogen) atoms. The summed E-state index contributed by atoms with van der Waals surface area (Å²) >= 11 is 0. The fourth-order valence-corrected chi connectivity index (χ4v) is 2.52. The molecule has 0 saturated heterocycles. The Kier molecular flexibility index (Phi) is 1.00. The number of rotatable bonds is 0. The zero-order chi connectivity index (χ0) is 6.55. The number of hydrogen-bond acceptors (Lipinski definition) is 0. The summed E-state index contributed by atoms with van der Waals surface area (Å²) < 4.78 is 0. The van der Waals surface area contributed by atoms with Crippen molar-refractivity contribution >= 4 is 0 Å². The van der Waals surface area contributed by atoms with Gasteiger partial charge >= 0.3 is 0 Å². The van der Waals surface area contributed by atoms with E-state index in [1.165, 1.54) is 19.3 Å².